The zero-order valence-corrected chi connectivity index (χ0v) is 20.4. The molecule has 1 aromatic rings. The van der Waals surface area contributed by atoms with Gasteiger partial charge in [-0.15, -0.1) is 0 Å². The van der Waals surface area contributed by atoms with Crippen molar-refractivity contribution < 1.29 is 46.7 Å². The molecule has 0 aliphatic heterocycles. The summed E-state index contributed by atoms with van der Waals surface area (Å²) < 4.78 is 39.8. The van der Waals surface area contributed by atoms with Gasteiger partial charge in [-0.1, -0.05) is 44.2 Å². The van der Waals surface area contributed by atoms with Crippen LogP contribution < -0.4 is 5.32 Å². The number of aliphatic hydroxyl groups is 1. The number of carboxylic acid groups (broad SMARTS) is 1. The monoisotopic (exact) mass is 503 g/mol. The molecule has 1 amide bonds. The largest absolute Gasteiger partial charge is 0.508 e. The fraction of sp³-hybridized carbons (Fsp3) is 0.591. The SMILES string of the molecule is CC(=O)NCCCS(=O)(=O)OC(COC(=O)OCCCc1ccccc1)C(C)(C)[C@@H](O)C(=O)O. The summed E-state index contributed by atoms with van der Waals surface area (Å²) in [5, 5.41) is 21.7. The Morgan fingerprint density at radius 1 is 1.09 bits per heavy atom. The van der Waals surface area contributed by atoms with Crippen LogP contribution in [0.1, 0.15) is 39.2 Å². The van der Waals surface area contributed by atoms with E-state index in [1.165, 1.54) is 20.8 Å². The number of aliphatic hydroxyl groups excluding tert-OH is 1. The highest BCUT2D eigenvalue weighted by atomic mass is 32.2. The molecule has 192 valence electrons. The second-order valence-electron chi connectivity index (χ2n) is 8.24. The molecule has 3 N–H and O–H groups in total. The van der Waals surface area contributed by atoms with Crippen molar-refractivity contribution in [1.29, 1.82) is 0 Å². The first-order valence-electron chi connectivity index (χ1n) is 10.7. The van der Waals surface area contributed by atoms with Crippen LogP contribution in [0.5, 0.6) is 0 Å². The zero-order valence-electron chi connectivity index (χ0n) is 19.6. The average Bonchev–Trinajstić information content (AvgIpc) is 2.77. The van der Waals surface area contributed by atoms with E-state index in [1.807, 2.05) is 30.3 Å². The van der Waals surface area contributed by atoms with Gasteiger partial charge in [0.05, 0.1) is 12.4 Å². The molecule has 11 nitrogen and oxygen atoms in total. The van der Waals surface area contributed by atoms with E-state index in [1.54, 1.807) is 0 Å². The van der Waals surface area contributed by atoms with Gasteiger partial charge in [-0.25, -0.2) is 9.59 Å². The molecule has 0 saturated carbocycles. The number of rotatable bonds is 15. The number of hydrogen-bond acceptors (Lipinski definition) is 9. The molecule has 0 saturated heterocycles. The molecular weight excluding hydrogens is 470 g/mol. The van der Waals surface area contributed by atoms with Gasteiger partial charge in [-0.05, 0) is 24.8 Å². The number of benzene rings is 1. The van der Waals surface area contributed by atoms with Crippen molar-refractivity contribution in [3.8, 4) is 0 Å². The van der Waals surface area contributed by atoms with Gasteiger partial charge >= 0.3 is 12.1 Å². The third-order valence-electron chi connectivity index (χ3n) is 5.00. The first kappa shape index (κ1) is 29.3. The molecule has 0 radical (unpaired) electrons. The number of carbonyl (C=O) groups excluding carboxylic acids is 2. The van der Waals surface area contributed by atoms with Gasteiger partial charge in [-0.2, -0.15) is 8.42 Å². The fourth-order valence-corrected chi connectivity index (χ4v) is 4.11. The van der Waals surface area contributed by atoms with Gasteiger partial charge in [0.15, 0.2) is 6.10 Å². The molecule has 1 rings (SSSR count). The van der Waals surface area contributed by atoms with E-state index in [4.69, 9.17) is 13.7 Å². The molecule has 2 atom stereocenters. The average molecular weight is 504 g/mol. The standard InChI is InChI=1S/C22H33NO10S/c1-16(24)23-12-8-14-34(29,30)33-18(22(2,3)19(25)20(26)27)15-32-21(28)31-13-7-11-17-9-5-4-6-10-17/h4-6,9-10,18-19,25H,7-8,11-15H2,1-3H3,(H,23,24)(H,26,27)/t18?,19-/m0/s1. The Morgan fingerprint density at radius 3 is 2.32 bits per heavy atom. The highest BCUT2D eigenvalue weighted by Gasteiger charge is 2.44. The van der Waals surface area contributed by atoms with Crippen LogP contribution in [0.15, 0.2) is 30.3 Å². The lowest BCUT2D eigenvalue weighted by Crippen LogP contribution is -2.49. The van der Waals surface area contributed by atoms with Gasteiger partial charge in [-0.3, -0.25) is 8.98 Å². The summed E-state index contributed by atoms with van der Waals surface area (Å²) in [6.45, 7) is 3.32. The number of ether oxygens (including phenoxy) is 2. The van der Waals surface area contributed by atoms with Gasteiger partial charge in [0.25, 0.3) is 10.1 Å². The Bertz CT molecular complexity index is 902. The number of hydrogen-bond donors (Lipinski definition) is 3. The summed E-state index contributed by atoms with van der Waals surface area (Å²) in [6, 6.07) is 9.55. The number of aliphatic carboxylic acids is 1. The van der Waals surface area contributed by atoms with Crippen LogP contribution in [0.4, 0.5) is 4.79 Å². The number of nitrogens with one attached hydrogen (secondary N) is 1. The second-order valence-corrected chi connectivity index (χ2v) is 9.96. The van der Waals surface area contributed by atoms with Crippen LogP contribution in [-0.4, -0.2) is 74.4 Å². The lowest BCUT2D eigenvalue weighted by Gasteiger charge is -2.34. The first-order chi connectivity index (χ1) is 15.8. The van der Waals surface area contributed by atoms with E-state index in [9.17, 15) is 33.0 Å². The summed E-state index contributed by atoms with van der Waals surface area (Å²) >= 11 is 0. The Kier molecular flexibility index (Phi) is 12.0. The van der Waals surface area contributed by atoms with Crippen molar-refractivity contribution in [2.45, 2.75) is 52.2 Å². The van der Waals surface area contributed by atoms with E-state index >= 15 is 0 Å². The van der Waals surface area contributed by atoms with Crippen LogP contribution >= 0.6 is 0 Å². The van der Waals surface area contributed by atoms with Crippen molar-refractivity contribution in [2.75, 3.05) is 25.5 Å². The van der Waals surface area contributed by atoms with Crippen LogP contribution in [0.2, 0.25) is 0 Å². The lowest BCUT2D eigenvalue weighted by atomic mass is 9.81. The Hall–Kier alpha value is -2.70. The van der Waals surface area contributed by atoms with E-state index in [2.05, 4.69) is 5.32 Å². The Morgan fingerprint density at radius 2 is 1.74 bits per heavy atom. The van der Waals surface area contributed by atoms with Gasteiger partial charge in [0, 0.05) is 18.9 Å². The van der Waals surface area contributed by atoms with Crippen molar-refractivity contribution >= 4 is 28.1 Å². The molecule has 0 bridgehead atoms. The number of amides is 1. The molecule has 1 aromatic carbocycles. The minimum Gasteiger partial charge on any atom is -0.479 e. The van der Waals surface area contributed by atoms with Gasteiger partial charge in [0.1, 0.15) is 12.7 Å². The lowest BCUT2D eigenvalue weighted by molar-refractivity contribution is -0.159. The van der Waals surface area contributed by atoms with Crippen molar-refractivity contribution in [1.82, 2.24) is 5.32 Å². The Balaban J connectivity index is 2.68. The zero-order chi connectivity index (χ0) is 25.8. The highest BCUT2D eigenvalue weighted by molar-refractivity contribution is 7.86. The molecular formula is C22H33NO10S. The predicted molar refractivity (Wildman–Crippen MR) is 121 cm³/mol. The van der Waals surface area contributed by atoms with E-state index in [-0.39, 0.29) is 25.5 Å². The normalized spacial score (nSPS) is 13.5. The van der Waals surface area contributed by atoms with Crippen molar-refractivity contribution in [3.63, 3.8) is 0 Å². The first-order valence-corrected chi connectivity index (χ1v) is 12.3. The second kappa shape index (κ2) is 13.9. The molecule has 0 spiro atoms. The number of carboxylic acids is 1. The highest BCUT2D eigenvalue weighted by Crippen LogP contribution is 2.30. The maximum absolute atomic E-state index is 12.4. The molecule has 0 fully saturated rings. The van der Waals surface area contributed by atoms with Gasteiger partial charge in [0.2, 0.25) is 5.91 Å². The third kappa shape index (κ3) is 10.9. The maximum atomic E-state index is 12.4. The molecule has 0 heterocycles. The predicted octanol–water partition coefficient (Wildman–Crippen LogP) is 1.49. The maximum Gasteiger partial charge on any atom is 0.508 e. The Labute approximate surface area is 199 Å². The summed E-state index contributed by atoms with van der Waals surface area (Å²) in [5.74, 6) is -2.39. The van der Waals surface area contributed by atoms with E-state index in [0.29, 0.717) is 12.8 Å². The van der Waals surface area contributed by atoms with Crippen LogP contribution in [-0.2, 0) is 39.8 Å². The van der Waals surface area contributed by atoms with Gasteiger partial charge < -0.3 is 25.0 Å². The van der Waals surface area contributed by atoms with Crippen LogP contribution in [0.25, 0.3) is 0 Å². The summed E-state index contributed by atoms with van der Waals surface area (Å²) in [5.41, 5.74) is -0.578. The quantitative estimate of drug-likeness (QED) is 0.181. The number of carbonyl (C=O) groups is 3. The molecule has 1 unspecified atom stereocenters. The number of aryl methyl sites for hydroxylation is 1. The summed E-state index contributed by atoms with van der Waals surface area (Å²) in [6.07, 6.45) is -3.34. The minimum absolute atomic E-state index is 0.0425. The molecule has 0 aliphatic carbocycles. The van der Waals surface area contributed by atoms with Crippen molar-refractivity contribution in [2.24, 2.45) is 5.41 Å². The van der Waals surface area contributed by atoms with Crippen LogP contribution in [0.3, 0.4) is 0 Å². The molecule has 34 heavy (non-hydrogen) atoms. The summed E-state index contributed by atoms with van der Waals surface area (Å²) in [7, 11) is -4.21. The van der Waals surface area contributed by atoms with Crippen molar-refractivity contribution in [3.05, 3.63) is 35.9 Å². The molecule has 0 aromatic heterocycles. The fourth-order valence-electron chi connectivity index (χ4n) is 2.86. The van der Waals surface area contributed by atoms with E-state index in [0.717, 1.165) is 5.56 Å². The third-order valence-corrected chi connectivity index (χ3v) is 6.32. The van der Waals surface area contributed by atoms with E-state index < -0.39 is 52.2 Å². The molecule has 0 aliphatic rings. The summed E-state index contributed by atoms with van der Waals surface area (Å²) in [4.78, 5) is 34.2. The van der Waals surface area contributed by atoms with Crippen LogP contribution in [0, 0.1) is 5.41 Å². The minimum atomic E-state index is -4.21. The topological polar surface area (TPSA) is 166 Å². The smallest absolute Gasteiger partial charge is 0.479 e. The molecule has 12 heteroatoms.